The highest BCUT2D eigenvalue weighted by Crippen LogP contribution is 2.32. The van der Waals surface area contributed by atoms with Gasteiger partial charge in [-0.3, -0.25) is 4.79 Å². The standard InChI is InChI=1S/C16H16O5/c1-20-15-6-10(3-4-13(15)18)5-11-7-14(19)16(21-2)8-12(11)9-17/h3-4,6-9,18-19H,5H2,1-2H3. The molecule has 0 fully saturated rings. The first-order valence-electron chi connectivity index (χ1n) is 6.30. The summed E-state index contributed by atoms with van der Waals surface area (Å²) in [7, 11) is 2.89. The van der Waals surface area contributed by atoms with Crippen LogP contribution in [0.2, 0.25) is 0 Å². The molecular formula is C16H16O5. The number of aromatic hydroxyl groups is 2. The van der Waals surface area contributed by atoms with Crippen molar-refractivity contribution in [2.75, 3.05) is 14.2 Å². The number of aldehydes is 1. The van der Waals surface area contributed by atoms with Crippen molar-refractivity contribution in [2.24, 2.45) is 0 Å². The average Bonchev–Trinajstić information content (AvgIpc) is 2.49. The number of carbonyl (C=O) groups excluding carboxylic acids is 1. The van der Waals surface area contributed by atoms with Crippen LogP contribution in [0.5, 0.6) is 23.0 Å². The topological polar surface area (TPSA) is 76.0 Å². The lowest BCUT2D eigenvalue weighted by molar-refractivity contribution is 0.112. The third kappa shape index (κ3) is 3.08. The van der Waals surface area contributed by atoms with Crippen LogP contribution in [-0.2, 0) is 6.42 Å². The Morgan fingerprint density at radius 1 is 1.00 bits per heavy atom. The highest BCUT2D eigenvalue weighted by Gasteiger charge is 2.11. The Hall–Kier alpha value is -2.69. The lowest BCUT2D eigenvalue weighted by Gasteiger charge is -2.11. The molecule has 0 saturated heterocycles. The fourth-order valence-electron chi connectivity index (χ4n) is 2.11. The zero-order chi connectivity index (χ0) is 15.4. The van der Waals surface area contributed by atoms with Crippen LogP contribution in [0.3, 0.4) is 0 Å². The Bertz CT molecular complexity index is 664. The lowest BCUT2D eigenvalue weighted by Crippen LogP contribution is -1.97. The van der Waals surface area contributed by atoms with Gasteiger partial charge in [0.25, 0.3) is 0 Å². The van der Waals surface area contributed by atoms with E-state index >= 15 is 0 Å². The highest BCUT2D eigenvalue weighted by atomic mass is 16.5. The van der Waals surface area contributed by atoms with Crippen molar-refractivity contribution < 1.29 is 24.5 Å². The van der Waals surface area contributed by atoms with E-state index in [1.807, 2.05) is 0 Å². The van der Waals surface area contributed by atoms with Gasteiger partial charge in [0.1, 0.15) is 6.29 Å². The smallest absolute Gasteiger partial charge is 0.161 e. The first-order chi connectivity index (χ1) is 10.1. The van der Waals surface area contributed by atoms with E-state index in [0.29, 0.717) is 23.3 Å². The van der Waals surface area contributed by atoms with Crippen molar-refractivity contribution in [1.82, 2.24) is 0 Å². The summed E-state index contributed by atoms with van der Waals surface area (Å²) in [5.41, 5.74) is 1.95. The maximum absolute atomic E-state index is 11.2. The van der Waals surface area contributed by atoms with E-state index in [1.165, 1.54) is 32.4 Å². The van der Waals surface area contributed by atoms with Crippen molar-refractivity contribution >= 4 is 6.29 Å². The van der Waals surface area contributed by atoms with Gasteiger partial charge >= 0.3 is 0 Å². The van der Waals surface area contributed by atoms with Gasteiger partial charge in [-0.1, -0.05) is 6.07 Å². The first-order valence-corrected chi connectivity index (χ1v) is 6.30. The van der Waals surface area contributed by atoms with Crippen molar-refractivity contribution in [1.29, 1.82) is 0 Å². The number of rotatable bonds is 5. The SMILES string of the molecule is COc1cc(Cc2cc(O)c(OC)cc2C=O)ccc1O. The molecule has 2 N–H and O–H groups in total. The molecule has 5 heteroatoms. The molecule has 0 bridgehead atoms. The van der Waals surface area contributed by atoms with Gasteiger partial charge in [-0.05, 0) is 41.8 Å². The van der Waals surface area contributed by atoms with Gasteiger partial charge in [0.15, 0.2) is 23.0 Å². The zero-order valence-corrected chi connectivity index (χ0v) is 11.8. The van der Waals surface area contributed by atoms with Crippen LogP contribution in [-0.4, -0.2) is 30.7 Å². The van der Waals surface area contributed by atoms with Gasteiger partial charge in [0.2, 0.25) is 0 Å². The molecule has 0 radical (unpaired) electrons. The van der Waals surface area contributed by atoms with Gasteiger partial charge in [-0.2, -0.15) is 0 Å². The Kier molecular flexibility index (Phi) is 4.33. The van der Waals surface area contributed by atoms with E-state index in [0.717, 1.165) is 11.8 Å². The summed E-state index contributed by atoms with van der Waals surface area (Å²) < 4.78 is 10.0. The van der Waals surface area contributed by atoms with E-state index in [2.05, 4.69) is 0 Å². The summed E-state index contributed by atoms with van der Waals surface area (Å²) in [4.78, 5) is 11.2. The summed E-state index contributed by atoms with van der Waals surface area (Å²) in [5.74, 6) is 0.639. The third-order valence-corrected chi connectivity index (χ3v) is 3.21. The second kappa shape index (κ2) is 6.17. The summed E-state index contributed by atoms with van der Waals surface area (Å²) in [6.07, 6.45) is 1.14. The van der Waals surface area contributed by atoms with Gasteiger partial charge in [0.05, 0.1) is 14.2 Å². The zero-order valence-electron chi connectivity index (χ0n) is 11.8. The molecule has 0 amide bonds. The first kappa shape index (κ1) is 14.7. The number of ether oxygens (including phenoxy) is 2. The second-order valence-electron chi connectivity index (χ2n) is 4.52. The lowest BCUT2D eigenvalue weighted by atomic mass is 9.99. The molecule has 21 heavy (non-hydrogen) atoms. The quantitative estimate of drug-likeness (QED) is 0.827. The number of hydrogen-bond donors (Lipinski definition) is 2. The molecule has 2 aromatic carbocycles. The van der Waals surface area contributed by atoms with Crippen molar-refractivity contribution in [3.8, 4) is 23.0 Å². The molecule has 0 aliphatic heterocycles. The monoisotopic (exact) mass is 288 g/mol. The minimum Gasteiger partial charge on any atom is -0.504 e. The number of hydrogen-bond acceptors (Lipinski definition) is 5. The molecule has 2 rings (SSSR count). The van der Waals surface area contributed by atoms with E-state index in [9.17, 15) is 15.0 Å². The molecular weight excluding hydrogens is 272 g/mol. The van der Waals surface area contributed by atoms with Crippen LogP contribution in [0.15, 0.2) is 30.3 Å². The minimum absolute atomic E-state index is 0.0242. The van der Waals surface area contributed by atoms with E-state index < -0.39 is 0 Å². The second-order valence-corrected chi connectivity index (χ2v) is 4.52. The molecule has 0 aromatic heterocycles. The minimum atomic E-state index is -0.0242. The molecule has 0 unspecified atom stereocenters. The predicted molar refractivity (Wildman–Crippen MR) is 77.5 cm³/mol. The molecule has 0 spiro atoms. The third-order valence-electron chi connectivity index (χ3n) is 3.21. The molecule has 5 nitrogen and oxygen atoms in total. The largest absolute Gasteiger partial charge is 0.504 e. The van der Waals surface area contributed by atoms with Crippen LogP contribution < -0.4 is 9.47 Å². The molecule has 2 aromatic rings. The Morgan fingerprint density at radius 3 is 2.29 bits per heavy atom. The fraction of sp³-hybridized carbons (Fsp3) is 0.188. The molecule has 110 valence electrons. The molecule has 0 aliphatic rings. The summed E-state index contributed by atoms with van der Waals surface area (Å²) in [6.45, 7) is 0. The van der Waals surface area contributed by atoms with E-state index in [-0.39, 0.29) is 17.2 Å². The number of phenolic OH excluding ortho intramolecular Hbond substituents is 2. The highest BCUT2D eigenvalue weighted by molar-refractivity contribution is 5.79. The van der Waals surface area contributed by atoms with Crippen LogP contribution in [0.4, 0.5) is 0 Å². The Balaban J connectivity index is 2.39. The van der Waals surface area contributed by atoms with Gasteiger partial charge in [-0.15, -0.1) is 0 Å². The van der Waals surface area contributed by atoms with Crippen LogP contribution in [0.1, 0.15) is 21.5 Å². The summed E-state index contributed by atoms with van der Waals surface area (Å²) in [5, 5.41) is 19.4. The molecule has 0 atom stereocenters. The van der Waals surface area contributed by atoms with E-state index in [1.54, 1.807) is 12.1 Å². The predicted octanol–water partition coefficient (Wildman–Crippen LogP) is 2.52. The number of phenols is 2. The number of carbonyl (C=O) groups is 1. The van der Waals surface area contributed by atoms with Gasteiger partial charge in [0, 0.05) is 5.56 Å². The van der Waals surface area contributed by atoms with Crippen LogP contribution in [0, 0.1) is 0 Å². The number of methoxy groups -OCH3 is 2. The fourth-order valence-corrected chi connectivity index (χ4v) is 2.11. The van der Waals surface area contributed by atoms with Gasteiger partial charge < -0.3 is 19.7 Å². The molecule has 0 saturated carbocycles. The Morgan fingerprint density at radius 2 is 1.67 bits per heavy atom. The van der Waals surface area contributed by atoms with Crippen LogP contribution >= 0.6 is 0 Å². The summed E-state index contributed by atoms with van der Waals surface area (Å²) >= 11 is 0. The Labute approximate surface area is 122 Å². The number of benzene rings is 2. The van der Waals surface area contributed by atoms with Crippen molar-refractivity contribution in [3.05, 3.63) is 47.0 Å². The maximum atomic E-state index is 11.2. The van der Waals surface area contributed by atoms with Crippen LogP contribution in [0.25, 0.3) is 0 Å². The van der Waals surface area contributed by atoms with Gasteiger partial charge in [-0.25, -0.2) is 0 Å². The average molecular weight is 288 g/mol. The van der Waals surface area contributed by atoms with Crippen molar-refractivity contribution in [2.45, 2.75) is 6.42 Å². The molecule has 0 heterocycles. The molecule has 0 aliphatic carbocycles. The summed E-state index contributed by atoms with van der Waals surface area (Å²) in [6, 6.07) is 7.94. The normalized spacial score (nSPS) is 10.2. The van der Waals surface area contributed by atoms with Crippen molar-refractivity contribution in [3.63, 3.8) is 0 Å². The van der Waals surface area contributed by atoms with E-state index in [4.69, 9.17) is 9.47 Å². The maximum Gasteiger partial charge on any atom is 0.161 e.